The lowest BCUT2D eigenvalue weighted by Crippen LogP contribution is -2.36. The lowest BCUT2D eigenvalue weighted by Gasteiger charge is -2.14. The highest BCUT2D eigenvalue weighted by molar-refractivity contribution is 6.04. The third-order valence-corrected chi connectivity index (χ3v) is 4.32. The maximum absolute atomic E-state index is 12.9. The molecule has 1 saturated heterocycles. The summed E-state index contributed by atoms with van der Waals surface area (Å²) in [7, 11) is 0. The largest absolute Gasteiger partial charge is 0.391 e. The highest BCUT2D eigenvalue weighted by Crippen LogP contribution is 2.09. The van der Waals surface area contributed by atoms with Crippen molar-refractivity contribution in [3.05, 3.63) is 59.4 Å². The standard InChI is InChI=1S/C18H20FN5O3.ClH/c19-13-3-1-11(2-4-13)7-23-17(26)15-16(22-6-5-21-15)18(27)24-9-12-8-20-10-14(12)25;/h1-6,12,14,20,25H,7-10H2,(H,23,26)(H,24,27);1H. The van der Waals surface area contributed by atoms with Crippen molar-refractivity contribution in [1.82, 2.24) is 25.9 Å². The maximum atomic E-state index is 12.9. The number of hydrogen-bond donors (Lipinski definition) is 4. The Hall–Kier alpha value is -2.62. The van der Waals surface area contributed by atoms with Crippen LogP contribution in [-0.2, 0) is 6.54 Å². The van der Waals surface area contributed by atoms with Crippen LogP contribution in [0.5, 0.6) is 0 Å². The summed E-state index contributed by atoms with van der Waals surface area (Å²) in [6, 6.07) is 5.71. The molecule has 2 atom stereocenters. The van der Waals surface area contributed by atoms with E-state index in [1.165, 1.54) is 24.5 Å². The summed E-state index contributed by atoms with van der Waals surface area (Å²) in [5.74, 6) is -1.55. The first kappa shape index (κ1) is 21.7. The molecule has 1 aliphatic heterocycles. The van der Waals surface area contributed by atoms with E-state index in [1.807, 2.05) is 0 Å². The molecule has 0 radical (unpaired) electrons. The number of carbonyl (C=O) groups excluding carboxylic acids is 2. The molecule has 150 valence electrons. The van der Waals surface area contributed by atoms with Crippen molar-refractivity contribution in [3.63, 3.8) is 0 Å². The van der Waals surface area contributed by atoms with Crippen molar-refractivity contribution in [2.75, 3.05) is 19.6 Å². The van der Waals surface area contributed by atoms with Gasteiger partial charge in [0.1, 0.15) is 5.82 Å². The third kappa shape index (κ3) is 5.44. The number of benzene rings is 1. The van der Waals surface area contributed by atoms with Crippen LogP contribution in [0.1, 0.15) is 26.5 Å². The molecule has 1 fully saturated rings. The number of halogens is 2. The van der Waals surface area contributed by atoms with Crippen LogP contribution >= 0.6 is 12.4 Å². The Kier molecular flexibility index (Phi) is 7.80. The van der Waals surface area contributed by atoms with Gasteiger partial charge in [0.2, 0.25) is 0 Å². The average Bonchev–Trinajstić information content (AvgIpc) is 3.10. The van der Waals surface area contributed by atoms with E-state index in [0.29, 0.717) is 18.7 Å². The predicted octanol–water partition coefficient (Wildman–Crippen LogP) is 0.278. The van der Waals surface area contributed by atoms with Gasteiger partial charge in [-0.1, -0.05) is 12.1 Å². The first-order valence-electron chi connectivity index (χ1n) is 8.55. The second kappa shape index (κ2) is 10.1. The highest BCUT2D eigenvalue weighted by atomic mass is 35.5. The number of rotatable bonds is 6. The molecule has 2 heterocycles. The van der Waals surface area contributed by atoms with Crippen LogP contribution in [0.2, 0.25) is 0 Å². The second-order valence-corrected chi connectivity index (χ2v) is 6.26. The normalized spacial score (nSPS) is 18.2. The lowest BCUT2D eigenvalue weighted by atomic mass is 10.1. The van der Waals surface area contributed by atoms with Gasteiger partial charge in [-0.2, -0.15) is 0 Å². The molecule has 1 aromatic carbocycles. The molecule has 2 aromatic rings. The second-order valence-electron chi connectivity index (χ2n) is 6.26. The number of hydrogen-bond acceptors (Lipinski definition) is 6. The van der Waals surface area contributed by atoms with Crippen molar-refractivity contribution in [1.29, 1.82) is 0 Å². The Morgan fingerprint density at radius 3 is 2.25 bits per heavy atom. The number of β-amino-alcohol motifs (C(OH)–C–C–N with tert-alkyl or cyclic N) is 1. The fraction of sp³-hybridized carbons (Fsp3) is 0.333. The van der Waals surface area contributed by atoms with Gasteiger partial charge in [0, 0.05) is 44.5 Å². The highest BCUT2D eigenvalue weighted by Gasteiger charge is 2.26. The number of amides is 2. The number of nitrogens with one attached hydrogen (secondary N) is 3. The van der Waals surface area contributed by atoms with Crippen LogP contribution in [0, 0.1) is 11.7 Å². The third-order valence-electron chi connectivity index (χ3n) is 4.32. The predicted molar refractivity (Wildman–Crippen MR) is 102 cm³/mol. The summed E-state index contributed by atoms with van der Waals surface area (Å²) in [5, 5.41) is 18.1. The molecule has 10 heteroatoms. The summed E-state index contributed by atoms with van der Waals surface area (Å²) >= 11 is 0. The van der Waals surface area contributed by atoms with Gasteiger partial charge in [0.05, 0.1) is 6.10 Å². The van der Waals surface area contributed by atoms with Crippen molar-refractivity contribution in [2.45, 2.75) is 12.6 Å². The molecule has 4 N–H and O–H groups in total. The molecule has 3 rings (SSSR count). The van der Waals surface area contributed by atoms with Gasteiger partial charge in [-0.05, 0) is 17.7 Å². The van der Waals surface area contributed by atoms with Crippen LogP contribution in [0.4, 0.5) is 4.39 Å². The zero-order valence-corrected chi connectivity index (χ0v) is 15.7. The van der Waals surface area contributed by atoms with E-state index in [9.17, 15) is 19.1 Å². The van der Waals surface area contributed by atoms with E-state index in [-0.39, 0.29) is 48.6 Å². The average molecular weight is 410 g/mol. The van der Waals surface area contributed by atoms with Gasteiger partial charge < -0.3 is 21.1 Å². The molecule has 8 nitrogen and oxygen atoms in total. The fourth-order valence-corrected chi connectivity index (χ4v) is 2.77. The molecule has 28 heavy (non-hydrogen) atoms. The van der Waals surface area contributed by atoms with E-state index in [4.69, 9.17) is 0 Å². The molecule has 1 aromatic heterocycles. The quantitative estimate of drug-likeness (QED) is 0.544. The Morgan fingerprint density at radius 1 is 1.07 bits per heavy atom. The number of aliphatic hydroxyl groups excluding tert-OH is 1. The minimum atomic E-state index is -0.555. The van der Waals surface area contributed by atoms with Crippen LogP contribution in [-0.4, -0.2) is 52.6 Å². The Morgan fingerprint density at radius 2 is 1.68 bits per heavy atom. The van der Waals surface area contributed by atoms with Crippen LogP contribution in [0.25, 0.3) is 0 Å². The molecule has 0 spiro atoms. The van der Waals surface area contributed by atoms with Crippen LogP contribution in [0.3, 0.4) is 0 Å². The first-order valence-corrected chi connectivity index (χ1v) is 8.55. The minimum absolute atomic E-state index is 0. The molecular weight excluding hydrogens is 389 g/mol. The topological polar surface area (TPSA) is 116 Å². The van der Waals surface area contributed by atoms with E-state index in [2.05, 4.69) is 25.9 Å². The monoisotopic (exact) mass is 409 g/mol. The lowest BCUT2D eigenvalue weighted by molar-refractivity contribution is 0.0894. The van der Waals surface area contributed by atoms with Crippen molar-refractivity contribution >= 4 is 24.2 Å². The molecule has 0 saturated carbocycles. The summed E-state index contributed by atoms with van der Waals surface area (Å²) in [5.41, 5.74) is 0.527. The number of aromatic nitrogens is 2. The summed E-state index contributed by atoms with van der Waals surface area (Å²) in [4.78, 5) is 32.7. The van der Waals surface area contributed by atoms with Gasteiger partial charge in [-0.25, -0.2) is 14.4 Å². The summed E-state index contributed by atoms with van der Waals surface area (Å²) < 4.78 is 12.9. The number of carbonyl (C=O) groups is 2. The van der Waals surface area contributed by atoms with Gasteiger partial charge in [-0.15, -0.1) is 12.4 Å². The van der Waals surface area contributed by atoms with Gasteiger partial charge >= 0.3 is 0 Å². The first-order chi connectivity index (χ1) is 13.0. The smallest absolute Gasteiger partial charge is 0.272 e. The zero-order valence-electron chi connectivity index (χ0n) is 14.9. The van der Waals surface area contributed by atoms with Crippen molar-refractivity contribution in [2.24, 2.45) is 5.92 Å². The van der Waals surface area contributed by atoms with E-state index < -0.39 is 17.9 Å². The molecule has 0 aliphatic carbocycles. The Bertz CT molecular complexity index is 821. The molecular formula is C18H21ClFN5O3. The number of aliphatic hydroxyl groups is 1. The van der Waals surface area contributed by atoms with E-state index >= 15 is 0 Å². The fourth-order valence-electron chi connectivity index (χ4n) is 2.77. The van der Waals surface area contributed by atoms with Gasteiger partial charge in [-0.3, -0.25) is 9.59 Å². The van der Waals surface area contributed by atoms with Crippen LogP contribution < -0.4 is 16.0 Å². The zero-order chi connectivity index (χ0) is 19.2. The molecule has 2 amide bonds. The summed E-state index contributed by atoms with van der Waals surface area (Å²) in [6.07, 6.45) is 2.14. The molecule has 2 unspecified atom stereocenters. The molecule has 0 bridgehead atoms. The van der Waals surface area contributed by atoms with E-state index in [0.717, 1.165) is 0 Å². The van der Waals surface area contributed by atoms with Crippen molar-refractivity contribution in [3.8, 4) is 0 Å². The van der Waals surface area contributed by atoms with Crippen molar-refractivity contribution < 1.29 is 19.1 Å². The van der Waals surface area contributed by atoms with Gasteiger partial charge in [0.25, 0.3) is 11.8 Å². The Balaban J connectivity index is 0.00000280. The minimum Gasteiger partial charge on any atom is -0.391 e. The number of nitrogens with zero attached hydrogens (tertiary/aromatic N) is 2. The van der Waals surface area contributed by atoms with Gasteiger partial charge in [0.15, 0.2) is 11.4 Å². The maximum Gasteiger partial charge on any atom is 0.272 e. The van der Waals surface area contributed by atoms with Crippen LogP contribution in [0.15, 0.2) is 36.7 Å². The Labute approximate surface area is 167 Å². The summed E-state index contributed by atoms with van der Waals surface area (Å²) in [6.45, 7) is 1.52. The SMILES string of the molecule is Cl.O=C(NCc1ccc(F)cc1)c1nccnc1C(=O)NCC1CNCC1O. The van der Waals surface area contributed by atoms with E-state index in [1.54, 1.807) is 12.1 Å². The molecule has 1 aliphatic rings.